The maximum absolute atomic E-state index is 12.7. The molecule has 9 heteroatoms. The molecular weight excluding hydrogens is 268 g/mol. The van der Waals surface area contributed by atoms with Crippen LogP contribution in [0.1, 0.15) is 0 Å². The largest absolute Gasteiger partial charge is 0.346 e. The minimum Gasteiger partial charge on any atom is -0.346 e. The zero-order valence-corrected chi connectivity index (χ0v) is 10.0. The first-order chi connectivity index (χ1) is 9.31. The number of fused-ring (bicyclic) bond motifs is 1. The van der Waals surface area contributed by atoms with Crippen molar-refractivity contribution in [1.29, 1.82) is 0 Å². The third kappa shape index (κ3) is 3.72. The zero-order valence-electron chi connectivity index (χ0n) is 10.0. The normalized spacial score (nSPS) is 8.85. The van der Waals surface area contributed by atoms with Crippen LogP contribution in [0.15, 0.2) is 48.0 Å². The summed E-state index contributed by atoms with van der Waals surface area (Å²) >= 11 is 0. The van der Waals surface area contributed by atoms with Crippen molar-refractivity contribution in [2.45, 2.75) is 0 Å². The van der Waals surface area contributed by atoms with Gasteiger partial charge in [0.15, 0.2) is 0 Å². The van der Waals surface area contributed by atoms with Crippen molar-refractivity contribution in [1.82, 2.24) is 19.9 Å². The summed E-state index contributed by atoms with van der Waals surface area (Å²) in [6.07, 6.45) is 4.15. The fourth-order valence-electron chi connectivity index (χ4n) is 1.33. The van der Waals surface area contributed by atoms with Crippen LogP contribution < -0.4 is 0 Å². The Morgan fingerprint density at radius 2 is 1.95 bits per heavy atom. The van der Waals surface area contributed by atoms with Crippen molar-refractivity contribution in [2.75, 3.05) is 0 Å². The van der Waals surface area contributed by atoms with Crippen LogP contribution in [-0.4, -0.2) is 19.9 Å². The lowest BCUT2D eigenvalue weighted by Gasteiger charge is -1.93. The van der Waals surface area contributed by atoms with E-state index in [1.807, 2.05) is 18.2 Å². The van der Waals surface area contributed by atoms with E-state index in [-0.39, 0.29) is 10.5 Å². The number of aromatic amines is 1. The van der Waals surface area contributed by atoms with Crippen LogP contribution >= 0.6 is 0 Å². The second-order valence-electron chi connectivity index (χ2n) is 3.27. The summed E-state index contributed by atoms with van der Waals surface area (Å²) < 4.78 is 12.7. The molecule has 3 rings (SSSR count). The number of halogens is 2. The SMILES string of the molecule is F.[N-]=[N+]=Nc1nc(F)nc2[nH]ccc12.c1ccncc1. The number of nitrogens with zero attached hydrogens (tertiary/aromatic N) is 6. The highest BCUT2D eigenvalue weighted by molar-refractivity contribution is 5.84. The van der Waals surface area contributed by atoms with E-state index in [9.17, 15) is 4.39 Å². The number of azide groups is 1. The molecule has 1 N–H and O–H groups in total. The number of rotatable bonds is 1. The molecule has 0 unspecified atom stereocenters. The molecule has 0 spiro atoms. The molecule has 0 bridgehead atoms. The lowest BCUT2D eigenvalue weighted by molar-refractivity contribution is 0.545. The monoisotopic (exact) mass is 277 g/mol. The van der Waals surface area contributed by atoms with E-state index in [0.717, 1.165) is 0 Å². The Morgan fingerprint density at radius 1 is 1.20 bits per heavy atom. The number of H-pyrrole nitrogens is 1. The number of nitrogens with one attached hydrogen (secondary N) is 1. The third-order valence-electron chi connectivity index (χ3n) is 2.07. The van der Waals surface area contributed by atoms with Gasteiger partial charge in [-0.1, -0.05) is 6.07 Å². The van der Waals surface area contributed by atoms with Gasteiger partial charge in [-0.05, 0) is 28.8 Å². The predicted molar refractivity (Wildman–Crippen MR) is 69.4 cm³/mol. The molecule has 102 valence electrons. The Labute approximate surface area is 111 Å². The van der Waals surface area contributed by atoms with Crippen molar-refractivity contribution in [2.24, 2.45) is 5.11 Å². The molecule has 0 saturated heterocycles. The third-order valence-corrected chi connectivity index (χ3v) is 2.07. The molecule has 0 aliphatic rings. The zero-order chi connectivity index (χ0) is 13.5. The summed E-state index contributed by atoms with van der Waals surface area (Å²) in [4.78, 5) is 15.8. The maximum atomic E-state index is 12.7. The molecule has 0 aliphatic carbocycles. The smallest absolute Gasteiger partial charge is 0.311 e. The molecule has 7 nitrogen and oxygen atoms in total. The van der Waals surface area contributed by atoms with Gasteiger partial charge in [0.05, 0.1) is 0 Å². The highest BCUT2D eigenvalue weighted by atomic mass is 19.1. The molecule has 0 atom stereocenters. The predicted octanol–water partition coefficient (Wildman–Crippen LogP) is 3.27. The van der Waals surface area contributed by atoms with Gasteiger partial charge in [-0.3, -0.25) is 9.69 Å². The standard InChI is InChI=1S/C6H3FN6.C5H5N.FH/c7-6-10-4-3(1-2-9-4)5(11-6)12-13-8;1-2-4-6-5-3-1;/h1-2H,(H,9,10,11);1-5H;1H. The van der Waals surface area contributed by atoms with Crippen molar-refractivity contribution in [3.8, 4) is 0 Å². The summed E-state index contributed by atoms with van der Waals surface area (Å²) in [5.41, 5.74) is 8.49. The average molecular weight is 277 g/mol. The fraction of sp³-hybridized carbons (Fsp3) is 0. The molecule has 20 heavy (non-hydrogen) atoms. The molecule has 3 aromatic rings. The van der Waals surface area contributed by atoms with E-state index in [0.29, 0.717) is 11.0 Å². The topological polar surface area (TPSA) is 103 Å². The van der Waals surface area contributed by atoms with Crippen LogP contribution in [0, 0.1) is 6.08 Å². The van der Waals surface area contributed by atoms with Crippen LogP contribution in [0.2, 0.25) is 0 Å². The van der Waals surface area contributed by atoms with Gasteiger partial charge in [-0.25, -0.2) is 0 Å². The maximum Gasteiger partial charge on any atom is 0.311 e. The lowest BCUT2D eigenvalue weighted by atomic mass is 10.4. The van der Waals surface area contributed by atoms with Crippen molar-refractivity contribution >= 4 is 16.9 Å². The van der Waals surface area contributed by atoms with Gasteiger partial charge in [0.1, 0.15) is 11.5 Å². The Morgan fingerprint density at radius 3 is 2.50 bits per heavy atom. The summed E-state index contributed by atoms with van der Waals surface area (Å²) in [7, 11) is 0. The van der Waals surface area contributed by atoms with Crippen LogP contribution in [0.3, 0.4) is 0 Å². The molecular formula is C11H9F2N7. The van der Waals surface area contributed by atoms with E-state index >= 15 is 0 Å². The molecule has 0 saturated carbocycles. The molecule has 3 heterocycles. The molecule has 0 radical (unpaired) electrons. The van der Waals surface area contributed by atoms with Crippen molar-refractivity contribution < 1.29 is 9.09 Å². The first-order valence-corrected chi connectivity index (χ1v) is 5.22. The van der Waals surface area contributed by atoms with Crippen LogP contribution in [-0.2, 0) is 0 Å². The average Bonchev–Trinajstić information content (AvgIpc) is 2.90. The number of hydrogen-bond donors (Lipinski definition) is 1. The second-order valence-corrected chi connectivity index (χ2v) is 3.27. The summed E-state index contributed by atoms with van der Waals surface area (Å²) in [6, 6.07) is 7.33. The fourth-order valence-corrected chi connectivity index (χ4v) is 1.33. The Kier molecular flexibility index (Phi) is 5.54. The van der Waals surface area contributed by atoms with E-state index in [1.165, 1.54) is 0 Å². The number of pyridine rings is 1. The van der Waals surface area contributed by atoms with Gasteiger partial charge in [0, 0.05) is 28.9 Å². The Bertz CT molecular complexity index is 680. The van der Waals surface area contributed by atoms with E-state index < -0.39 is 6.08 Å². The van der Waals surface area contributed by atoms with Gasteiger partial charge in [-0.2, -0.15) is 14.4 Å². The van der Waals surface area contributed by atoms with Gasteiger partial charge in [-0.15, -0.1) is 0 Å². The van der Waals surface area contributed by atoms with Gasteiger partial charge in [0.2, 0.25) is 0 Å². The summed E-state index contributed by atoms with van der Waals surface area (Å²) in [5, 5.41) is 3.74. The van der Waals surface area contributed by atoms with E-state index in [4.69, 9.17) is 5.53 Å². The van der Waals surface area contributed by atoms with Gasteiger partial charge in [0.25, 0.3) is 0 Å². The molecule has 0 fully saturated rings. The molecule has 0 amide bonds. The highest BCUT2D eigenvalue weighted by Gasteiger charge is 2.05. The van der Waals surface area contributed by atoms with Gasteiger partial charge >= 0.3 is 6.08 Å². The first-order valence-electron chi connectivity index (χ1n) is 5.22. The Balaban J connectivity index is 0.000000243. The minimum atomic E-state index is -0.919. The summed E-state index contributed by atoms with van der Waals surface area (Å²) in [6.45, 7) is 0. The lowest BCUT2D eigenvalue weighted by Crippen LogP contribution is -1.88. The summed E-state index contributed by atoms with van der Waals surface area (Å²) in [5.74, 6) is -0.00810. The number of hydrogen-bond acceptors (Lipinski definition) is 4. The minimum absolute atomic E-state index is 0. The van der Waals surface area contributed by atoms with E-state index in [1.54, 1.807) is 24.7 Å². The molecule has 0 aliphatic heterocycles. The van der Waals surface area contributed by atoms with Crippen molar-refractivity contribution in [3.05, 3.63) is 59.4 Å². The quantitative estimate of drug-likeness (QED) is 0.319. The van der Waals surface area contributed by atoms with Crippen LogP contribution in [0.5, 0.6) is 0 Å². The van der Waals surface area contributed by atoms with E-state index in [2.05, 4.69) is 30.0 Å². The molecule has 0 aromatic carbocycles. The van der Waals surface area contributed by atoms with Crippen LogP contribution in [0.4, 0.5) is 14.9 Å². The van der Waals surface area contributed by atoms with Crippen LogP contribution in [0.25, 0.3) is 21.5 Å². The van der Waals surface area contributed by atoms with Gasteiger partial charge < -0.3 is 4.98 Å². The second kappa shape index (κ2) is 7.39. The Hall–Kier alpha value is -3.06. The van der Waals surface area contributed by atoms with Crippen molar-refractivity contribution in [3.63, 3.8) is 0 Å². The number of aromatic nitrogens is 4. The molecule has 3 aromatic heterocycles. The first kappa shape index (κ1) is 15.0. The highest BCUT2D eigenvalue weighted by Crippen LogP contribution is 2.21.